The van der Waals surface area contributed by atoms with E-state index >= 15 is 0 Å². The van der Waals surface area contributed by atoms with E-state index in [9.17, 15) is 18.0 Å². The van der Waals surface area contributed by atoms with Crippen molar-refractivity contribution >= 4 is 11.7 Å². The maximum Gasteiger partial charge on any atom is 0.412 e. The first-order valence-corrected chi connectivity index (χ1v) is 6.69. The smallest absolute Gasteiger partial charge is 0.361 e. The Labute approximate surface area is 130 Å². The van der Waals surface area contributed by atoms with Crippen LogP contribution >= 0.6 is 0 Å². The quantitative estimate of drug-likeness (QED) is 0.932. The molecule has 0 bridgehead atoms. The van der Waals surface area contributed by atoms with Crippen LogP contribution in [0.1, 0.15) is 22.1 Å². The maximum atomic E-state index is 13.2. The van der Waals surface area contributed by atoms with E-state index in [0.717, 1.165) is 0 Å². The molecule has 0 aliphatic rings. The molecule has 1 N–H and O–H groups in total. The highest BCUT2D eigenvalue weighted by Gasteiger charge is 2.42. The second kappa shape index (κ2) is 6.27. The fourth-order valence-corrected chi connectivity index (χ4v) is 1.94. The van der Waals surface area contributed by atoms with Crippen LogP contribution < -0.4 is 10.2 Å². The summed E-state index contributed by atoms with van der Waals surface area (Å²) in [5.74, 6) is -0.439. The second-order valence-electron chi connectivity index (χ2n) is 5.23. The number of hydrogen-bond donors (Lipinski definition) is 1. The number of carbonyl (C=O) groups excluding carboxylic acids is 1. The molecule has 1 amide bonds. The molecule has 0 unspecified atom stereocenters. The van der Waals surface area contributed by atoms with Gasteiger partial charge in [-0.25, -0.2) is 0 Å². The Hall–Kier alpha value is -2.58. The molecular weight excluding hydrogens is 311 g/mol. The van der Waals surface area contributed by atoms with Gasteiger partial charge in [0.1, 0.15) is 0 Å². The van der Waals surface area contributed by atoms with Gasteiger partial charge in [-0.2, -0.15) is 13.2 Å². The number of nitrogens with one attached hydrogen (secondary N) is 1. The van der Waals surface area contributed by atoms with E-state index in [1.54, 1.807) is 26.0 Å². The number of nitrogens with zero attached hydrogens (tertiary/aromatic N) is 4. The lowest BCUT2D eigenvalue weighted by Crippen LogP contribution is -2.38. The van der Waals surface area contributed by atoms with Crippen LogP contribution in [0.25, 0.3) is 0 Å². The summed E-state index contributed by atoms with van der Waals surface area (Å²) in [7, 11) is 5.07. The average molecular weight is 327 g/mol. The Bertz CT molecular complexity index is 678. The second-order valence-corrected chi connectivity index (χ2v) is 5.23. The molecule has 9 heteroatoms. The molecule has 0 fully saturated rings. The average Bonchev–Trinajstić information content (AvgIpc) is 2.89. The van der Waals surface area contributed by atoms with E-state index in [1.165, 1.54) is 35.2 Å². The molecule has 2 rings (SSSR count). The minimum atomic E-state index is -4.62. The van der Waals surface area contributed by atoms with Crippen LogP contribution in [0.15, 0.2) is 30.6 Å². The number of aromatic nitrogens is 3. The minimum Gasteiger partial charge on any atom is -0.361 e. The van der Waals surface area contributed by atoms with Crippen LogP contribution in [0.4, 0.5) is 19.0 Å². The molecule has 1 atom stereocenters. The first kappa shape index (κ1) is 16.8. The van der Waals surface area contributed by atoms with E-state index in [0.29, 0.717) is 5.82 Å². The highest BCUT2D eigenvalue weighted by Crippen LogP contribution is 2.32. The minimum absolute atomic E-state index is 0.0498. The predicted molar refractivity (Wildman–Crippen MR) is 78.0 cm³/mol. The van der Waals surface area contributed by atoms with Crippen molar-refractivity contribution in [2.24, 2.45) is 7.05 Å². The number of anilines is 1. The molecule has 0 saturated heterocycles. The zero-order valence-electron chi connectivity index (χ0n) is 12.8. The summed E-state index contributed by atoms with van der Waals surface area (Å²) >= 11 is 0. The first-order valence-electron chi connectivity index (χ1n) is 6.69. The maximum absolute atomic E-state index is 13.2. The molecular formula is C14H16F3N5O. The molecule has 2 aromatic heterocycles. The lowest BCUT2D eigenvalue weighted by atomic mass is 10.1. The molecule has 2 heterocycles. The highest BCUT2D eigenvalue weighted by molar-refractivity contribution is 5.92. The summed E-state index contributed by atoms with van der Waals surface area (Å²) < 4.78 is 41.1. The summed E-state index contributed by atoms with van der Waals surface area (Å²) in [6.45, 7) is 0. The van der Waals surface area contributed by atoms with Crippen LogP contribution in [0, 0.1) is 0 Å². The van der Waals surface area contributed by atoms with Crippen molar-refractivity contribution in [3.8, 4) is 0 Å². The molecule has 0 spiro atoms. The van der Waals surface area contributed by atoms with Gasteiger partial charge in [-0.05, 0) is 18.2 Å². The number of halogens is 3. The summed E-state index contributed by atoms with van der Waals surface area (Å²) in [6.07, 6.45) is -1.83. The third-order valence-electron chi connectivity index (χ3n) is 3.13. The zero-order chi connectivity index (χ0) is 17.2. The van der Waals surface area contributed by atoms with Crippen molar-refractivity contribution in [3.05, 3.63) is 41.9 Å². The van der Waals surface area contributed by atoms with Crippen molar-refractivity contribution in [1.29, 1.82) is 0 Å². The van der Waals surface area contributed by atoms with Gasteiger partial charge in [-0.15, -0.1) is 10.2 Å². The fourth-order valence-electron chi connectivity index (χ4n) is 1.94. The van der Waals surface area contributed by atoms with Gasteiger partial charge in [0.15, 0.2) is 17.6 Å². The third kappa shape index (κ3) is 3.99. The van der Waals surface area contributed by atoms with Crippen LogP contribution in [0.2, 0.25) is 0 Å². The van der Waals surface area contributed by atoms with Gasteiger partial charge in [0, 0.05) is 39.1 Å². The zero-order valence-corrected chi connectivity index (χ0v) is 12.8. The lowest BCUT2D eigenvalue weighted by Gasteiger charge is -2.20. The van der Waals surface area contributed by atoms with Crippen LogP contribution in [-0.4, -0.2) is 40.9 Å². The van der Waals surface area contributed by atoms with E-state index in [4.69, 9.17) is 0 Å². The Kier molecular flexibility index (Phi) is 4.57. The number of carbonyl (C=O) groups is 1. The summed E-state index contributed by atoms with van der Waals surface area (Å²) in [5, 5.41) is 9.39. The summed E-state index contributed by atoms with van der Waals surface area (Å²) in [4.78, 5) is 13.7. The SMILES string of the molecule is CN(C)c1ccc(C(=O)N[C@@H](c2ccn(C)c2)C(F)(F)F)nn1. The lowest BCUT2D eigenvalue weighted by molar-refractivity contribution is -0.155. The van der Waals surface area contributed by atoms with Crippen LogP contribution in [-0.2, 0) is 7.05 Å². The van der Waals surface area contributed by atoms with E-state index in [2.05, 4.69) is 10.2 Å². The van der Waals surface area contributed by atoms with Crippen molar-refractivity contribution in [1.82, 2.24) is 20.1 Å². The summed E-state index contributed by atoms with van der Waals surface area (Å²) in [5.41, 5.74) is -0.230. The molecule has 0 saturated carbocycles. The van der Waals surface area contributed by atoms with Gasteiger partial charge in [0.05, 0.1) is 0 Å². The molecule has 23 heavy (non-hydrogen) atoms. The summed E-state index contributed by atoms with van der Waals surface area (Å²) in [6, 6.07) is 2.04. The van der Waals surface area contributed by atoms with Gasteiger partial charge >= 0.3 is 6.18 Å². The van der Waals surface area contributed by atoms with Crippen molar-refractivity contribution in [2.75, 3.05) is 19.0 Å². The molecule has 0 aliphatic carbocycles. The molecule has 124 valence electrons. The normalized spacial score (nSPS) is 12.8. The van der Waals surface area contributed by atoms with Gasteiger partial charge in [0.25, 0.3) is 5.91 Å². The number of amides is 1. The molecule has 0 aliphatic heterocycles. The number of rotatable bonds is 4. The number of aryl methyl sites for hydroxylation is 1. The van der Waals surface area contributed by atoms with E-state index < -0.39 is 18.1 Å². The number of hydrogen-bond acceptors (Lipinski definition) is 4. The van der Waals surface area contributed by atoms with Gasteiger partial charge in [-0.3, -0.25) is 4.79 Å². The third-order valence-corrected chi connectivity index (χ3v) is 3.13. The molecule has 0 radical (unpaired) electrons. The Morgan fingerprint density at radius 3 is 2.39 bits per heavy atom. The van der Waals surface area contributed by atoms with E-state index in [-0.39, 0.29) is 11.3 Å². The predicted octanol–water partition coefficient (Wildman–Crippen LogP) is 1.91. The highest BCUT2D eigenvalue weighted by atomic mass is 19.4. The Balaban J connectivity index is 2.21. The molecule has 2 aromatic rings. The van der Waals surface area contributed by atoms with Crippen molar-refractivity contribution in [3.63, 3.8) is 0 Å². The molecule has 0 aromatic carbocycles. The van der Waals surface area contributed by atoms with Gasteiger partial charge < -0.3 is 14.8 Å². The first-order chi connectivity index (χ1) is 10.7. The Morgan fingerprint density at radius 1 is 1.26 bits per heavy atom. The number of alkyl halides is 3. The fraction of sp³-hybridized carbons (Fsp3) is 0.357. The van der Waals surface area contributed by atoms with Crippen molar-refractivity contribution in [2.45, 2.75) is 12.2 Å². The van der Waals surface area contributed by atoms with Gasteiger partial charge in [0.2, 0.25) is 0 Å². The topological polar surface area (TPSA) is 63.1 Å². The standard InChI is InChI=1S/C14H16F3N5O/c1-21(2)11-5-4-10(19-20-11)13(23)18-12(14(15,16)17)9-6-7-22(3)8-9/h4-8,12H,1-3H3,(H,18,23)/t12-/m0/s1. The monoisotopic (exact) mass is 327 g/mol. The molecule has 6 nitrogen and oxygen atoms in total. The van der Waals surface area contributed by atoms with Gasteiger partial charge in [-0.1, -0.05) is 0 Å². The van der Waals surface area contributed by atoms with Crippen molar-refractivity contribution < 1.29 is 18.0 Å². The van der Waals surface area contributed by atoms with E-state index in [1.807, 2.05) is 5.32 Å². The Morgan fingerprint density at radius 2 is 1.96 bits per heavy atom. The van der Waals surface area contributed by atoms with Crippen LogP contribution in [0.5, 0.6) is 0 Å². The largest absolute Gasteiger partial charge is 0.412 e. The van der Waals surface area contributed by atoms with Crippen LogP contribution in [0.3, 0.4) is 0 Å².